The lowest BCUT2D eigenvalue weighted by Gasteiger charge is -2.29. The first-order valence-corrected chi connectivity index (χ1v) is 17.5. The van der Waals surface area contributed by atoms with E-state index in [-0.39, 0.29) is 12.2 Å². The number of hydrogen-bond donors (Lipinski definition) is 5. The molecular weight excluding hydrogens is 640 g/mol. The van der Waals surface area contributed by atoms with Gasteiger partial charge in [0.15, 0.2) is 5.60 Å². The summed E-state index contributed by atoms with van der Waals surface area (Å²) in [5, 5.41) is 42.4. The summed E-state index contributed by atoms with van der Waals surface area (Å²) in [6.07, 6.45) is 11.3. The SMILES string of the molecule is CCCCCCCC(=O)CCCCCC/C=C/[C@H](C(=O)N[C@@H](Cc1ccc(-c2ccc(N(C)C)cc2)cc1)C(=O)O)[C@@](O)(CC(=O)O)C(=O)O. The summed E-state index contributed by atoms with van der Waals surface area (Å²) in [6.45, 7) is 2.15. The molecule has 0 aliphatic carbocycles. The summed E-state index contributed by atoms with van der Waals surface area (Å²) in [6, 6.07) is 13.5. The van der Waals surface area contributed by atoms with Crippen LogP contribution in [-0.4, -0.2) is 75.8 Å². The molecule has 2 aromatic carbocycles. The van der Waals surface area contributed by atoms with Gasteiger partial charge >= 0.3 is 17.9 Å². The van der Waals surface area contributed by atoms with Gasteiger partial charge in [-0.25, -0.2) is 9.59 Å². The molecule has 0 heterocycles. The van der Waals surface area contributed by atoms with Crippen molar-refractivity contribution in [1.82, 2.24) is 5.32 Å². The van der Waals surface area contributed by atoms with Gasteiger partial charge in [0.05, 0.1) is 12.3 Å². The number of Topliss-reactive ketones (excluding diaryl/α,β-unsaturated/α-hetero) is 1. The number of carbonyl (C=O) groups is 5. The van der Waals surface area contributed by atoms with Crippen molar-refractivity contribution >= 4 is 35.3 Å². The largest absolute Gasteiger partial charge is 0.481 e. The molecule has 0 saturated heterocycles. The molecule has 2 rings (SSSR count). The van der Waals surface area contributed by atoms with Crippen LogP contribution in [0.5, 0.6) is 0 Å². The molecule has 0 aliphatic rings. The van der Waals surface area contributed by atoms with Gasteiger partial charge in [0, 0.05) is 39.0 Å². The average Bonchev–Trinajstić information content (AvgIpc) is 3.07. The number of allylic oxidation sites excluding steroid dienone is 1. The van der Waals surface area contributed by atoms with E-state index in [0.717, 1.165) is 67.8 Å². The van der Waals surface area contributed by atoms with Crippen molar-refractivity contribution in [2.75, 3.05) is 19.0 Å². The molecule has 0 aromatic heterocycles. The number of carbonyl (C=O) groups excluding carboxylic acids is 2. The van der Waals surface area contributed by atoms with E-state index in [9.17, 15) is 44.4 Å². The number of nitrogens with one attached hydrogen (secondary N) is 1. The summed E-state index contributed by atoms with van der Waals surface area (Å²) < 4.78 is 0. The van der Waals surface area contributed by atoms with E-state index in [4.69, 9.17) is 0 Å². The first-order chi connectivity index (χ1) is 23.8. The number of carboxylic acids is 3. The van der Waals surface area contributed by atoms with Crippen molar-refractivity contribution < 1.29 is 44.4 Å². The predicted octanol–water partition coefficient (Wildman–Crippen LogP) is 6.26. The highest BCUT2D eigenvalue weighted by atomic mass is 16.4. The minimum Gasteiger partial charge on any atom is -0.481 e. The Hall–Kier alpha value is -4.51. The Balaban J connectivity index is 2.04. The second-order valence-electron chi connectivity index (χ2n) is 13.1. The van der Waals surface area contributed by atoms with Crippen LogP contribution in [0.2, 0.25) is 0 Å². The summed E-state index contributed by atoms with van der Waals surface area (Å²) in [5.74, 6) is -7.66. The molecule has 1 amide bonds. The van der Waals surface area contributed by atoms with Crippen molar-refractivity contribution in [1.29, 1.82) is 0 Å². The number of amides is 1. The van der Waals surface area contributed by atoms with Crippen molar-refractivity contribution in [3.63, 3.8) is 0 Å². The summed E-state index contributed by atoms with van der Waals surface area (Å²) in [5.41, 5.74) is 0.480. The van der Waals surface area contributed by atoms with Crippen molar-refractivity contribution in [2.45, 2.75) is 108 Å². The Morgan fingerprint density at radius 2 is 1.32 bits per heavy atom. The predicted molar refractivity (Wildman–Crippen MR) is 193 cm³/mol. The third-order valence-electron chi connectivity index (χ3n) is 8.78. The van der Waals surface area contributed by atoms with Crippen LogP contribution in [0.15, 0.2) is 60.7 Å². The lowest BCUT2D eigenvalue weighted by molar-refractivity contribution is -0.172. The standard InChI is InChI=1S/C39H54N2O9/c1-4-5-6-9-12-15-32(42)16-13-10-7-8-11-14-17-33(39(50,38(48)49)27-35(43)44)36(45)40-34(37(46)47)26-28-18-20-29(21-19-28)30-22-24-31(25-23-30)41(2)3/h14,17-25,33-34,50H,4-13,15-16,26-27H2,1-3H3,(H,40,45)(H,43,44)(H,46,47)(H,48,49)/b17-14+/t33-,34+,39+/m1/s1. The first-order valence-electron chi connectivity index (χ1n) is 17.5. The number of nitrogens with zero attached hydrogens (tertiary/aromatic N) is 1. The maximum atomic E-state index is 13.4. The van der Waals surface area contributed by atoms with E-state index < -0.39 is 47.8 Å². The van der Waals surface area contributed by atoms with Crippen LogP contribution in [0.1, 0.15) is 96.0 Å². The zero-order valence-electron chi connectivity index (χ0n) is 29.6. The number of unbranched alkanes of at least 4 members (excludes halogenated alkanes) is 8. The fraction of sp³-hybridized carbons (Fsp3) is 0.513. The van der Waals surface area contributed by atoms with Crippen LogP contribution < -0.4 is 10.2 Å². The Kier molecular flexibility index (Phi) is 18.0. The third-order valence-corrected chi connectivity index (χ3v) is 8.78. The Bertz CT molecular complexity index is 1420. The highest BCUT2D eigenvalue weighted by Gasteiger charge is 2.49. The topological polar surface area (TPSA) is 182 Å². The number of benzene rings is 2. The van der Waals surface area contributed by atoms with Crippen molar-refractivity contribution in [2.24, 2.45) is 5.92 Å². The first kappa shape index (κ1) is 41.7. The maximum Gasteiger partial charge on any atom is 0.337 e. The van der Waals surface area contributed by atoms with Gasteiger partial charge in [-0.2, -0.15) is 0 Å². The number of hydrogen-bond acceptors (Lipinski definition) is 7. The monoisotopic (exact) mass is 694 g/mol. The van der Waals surface area contributed by atoms with Crippen LogP contribution >= 0.6 is 0 Å². The molecule has 0 saturated carbocycles. The minimum absolute atomic E-state index is 0.136. The number of ketones is 1. The van der Waals surface area contributed by atoms with E-state index in [0.29, 0.717) is 31.2 Å². The van der Waals surface area contributed by atoms with Crippen LogP contribution in [0.4, 0.5) is 5.69 Å². The molecule has 2 aromatic rings. The maximum absolute atomic E-state index is 13.4. The van der Waals surface area contributed by atoms with Gasteiger partial charge in [0.2, 0.25) is 5.91 Å². The number of anilines is 1. The van der Waals surface area contributed by atoms with Crippen LogP contribution in [0.3, 0.4) is 0 Å². The van der Waals surface area contributed by atoms with Crippen molar-refractivity contribution in [3.05, 3.63) is 66.2 Å². The average molecular weight is 695 g/mol. The van der Waals surface area contributed by atoms with E-state index in [2.05, 4.69) is 12.2 Å². The molecule has 11 nitrogen and oxygen atoms in total. The lowest BCUT2D eigenvalue weighted by atomic mass is 9.82. The van der Waals surface area contributed by atoms with Crippen LogP contribution in [-0.2, 0) is 30.4 Å². The van der Waals surface area contributed by atoms with Crippen molar-refractivity contribution in [3.8, 4) is 11.1 Å². The molecule has 11 heteroatoms. The number of carboxylic acid groups (broad SMARTS) is 3. The molecule has 50 heavy (non-hydrogen) atoms. The summed E-state index contributed by atoms with van der Waals surface area (Å²) >= 11 is 0. The zero-order chi connectivity index (χ0) is 37.1. The fourth-order valence-electron chi connectivity index (χ4n) is 5.72. The Morgan fingerprint density at radius 3 is 1.82 bits per heavy atom. The molecule has 3 atom stereocenters. The fourth-order valence-corrected chi connectivity index (χ4v) is 5.72. The van der Waals surface area contributed by atoms with E-state index in [1.165, 1.54) is 12.5 Å². The van der Waals surface area contributed by atoms with Gasteiger partial charge in [-0.1, -0.05) is 94.0 Å². The summed E-state index contributed by atoms with van der Waals surface area (Å²) in [4.78, 5) is 63.3. The zero-order valence-corrected chi connectivity index (χ0v) is 29.6. The summed E-state index contributed by atoms with van der Waals surface area (Å²) in [7, 11) is 3.89. The van der Waals surface area contributed by atoms with E-state index >= 15 is 0 Å². The molecule has 0 fully saturated rings. The molecule has 0 bridgehead atoms. The minimum atomic E-state index is -3.02. The number of rotatable bonds is 25. The number of aliphatic carboxylic acids is 3. The highest BCUT2D eigenvalue weighted by molar-refractivity contribution is 5.94. The van der Waals surface area contributed by atoms with Gasteiger partial charge in [-0.15, -0.1) is 0 Å². The van der Waals surface area contributed by atoms with E-state index in [1.807, 2.05) is 55.4 Å². The van der Waals surface area contributed by atoms with Crippen LogP contribution in [0, 0.1) is 5.92 Å². The molecular formula is C39H54N2O9. The Labute approximate surface area is 295 Å². The molecule has 0 radical (unpaired) electrons. The van der Waals surface area contributed by atoms with Gasteiger partial charge in [-0.05, 0) is 54.5 Å². The molecule has 0 spiro atoms. The lowest BCUT2D eigenvalue weighted by Crippen LogP contribution is -2.55. The normalized spacial score (nSPS) is 13.7. The van der Waals surface area contributed by atoms with E-state index in [1.54, 1.807) is 12.1 Å². The molecule has 5 N–H and O–H groups in total. The molecule has 274 valence electrons. The van der Waals surface area contributed by atoms with Gasteiger partial charge in [0.25, 0.3) is 0 Å². The highest BCUT2D eigenvalue weighted by Crippen LogP contribution is 2.26. The second-order valence-corrected chi connectivity index (χ2v) is 13.1. The second kappa shape index (κ2) is 21.5. The molecule has 0 aliphatic heterocycles. The van der Waals surface area contributed by atoms with Gasteiger partial charge in [0.1, 0.15) is 11.8 Å². The number of aliphatic hydroxyl groups is 1. The molecule has 0 unspecified atom stereocenters. The quantitative estimate of drug-likeness (QED) is 0.0587. The Morgan fingerprint density at radius 1 is 0.780 bits per heavy atom. The van der Waals surface area contributed by atoms with Crippen LogP contribution in [0.25, 0.3) is 11.1 Å². The smallest absolute Gasteiger partial charge is 0.337 e. The van der Waals surface area contributed by atoms with Gasteiger partial charge < -0.3 is 30.6 Å². The van der Waals surface area contributed by atoms with Gasteiger partial charge in [-0.3, -0.25) is 14.4 Å². The third kappa shape index (κ3) is 14.2.